The minimum atomic E-state index is -0.230. The number of hydrogen-bond donors (Lipinski definition) is 1. The van der Waals surface area contributed by atoms with Crippen LogP contribution in [0.5, 0.6) is 0 Å². The van der Waals surface area contributed by atoms with Crippen molar-refractivity contribution in [1.29, 1.82) is 5.26 Å². The summed E-state index contributed by atoms with van der Waals surface area (Å²) >= 11 is 0. The first kappa shape index (κ1) is 16.0. The van der Waals surface area contributed by atoms with Crippen LogP contribution in [0.3, 0.4) is 0 Å². The second kappa shape index (κ2) is 6.33. The van der Waals surface area contributed by atoms with Crippen LogP contribution in [-0.2, 0) is 4.79 Å². The maximum atomic E-state index is 12.7. The maximum absolute atomic E-state index is 12.7. The Hall–Kier alpha value is -1.86. The molecule has 1 aromatic rings. The molecule has 122 valence electrons. The Balaban J connectivity index is 1.74. The van der Waals surface area contributed by atoms with Crippen LogP contribution in [0.4, 0.5) is 0 Å². The average molecular weight is 311 g/mol. The van der Waals surface area contributed by atoms with Crippen LogP contribution < -0.4 is 5.32 Å². The van der Waals surface area contributed by atoms with E-state index in [-0.39, 0.29) is 18.0 Å². The van der Waals surface area contributed by atoms with Gasteiger partial charge in [-0.3, -0.25) is 4.79 Å². The molecule has 2 heterocycles. The van der Waals surface area contributed by atoms with Crippen molar-refractivity contribution in [1.82, 2.24) is 10.2 Å². The lowest BCUT2D eigenvalue weighted by molar-refractivity contribution is -0.133. The Bertz CT molecular complexity index is 638. The van der Waals surface area contributed by atoms with Gasteiger partial charge < -0.3 is 10.2 Å². The summed E-state index contributed by atoms with van der Waals surface area (Å²) in [6, 6.07) is 6.34. The number of nitrogens with one attached hydrogen (secondary N) is 1. The minimum absolute atomic E-state index is 0.110. The second-order valence-corrected chi connectivity index (χ2v) is 7.02. The molecule has 0 aromatic heterocycles. The van der Waals surface area contributed by atoms with Crippen LogP contribution in [0.25, 0.3) is 0 Å². The van der Waals surface area contributed by atoms with Gasteiger partial charge in [0.2, 0.25) is 5.91 Å². The lowest BCUT2D eigenvalue weighted by Gasteiger charge is -2.23. The van der Waals surface area contributed by atoms with Crippen molar-refractivity contribution in [2.45, 2.75) is 58.0 Å². The fourth-order valence-corrected chi connectivity index (χ4v) is 4.34. The molecule has 3 atom stereocenters. The van der Waals surface area contributed by atoms with E-state index in [2.05, 4.69) is 44.3 Å². The van der Waals surface area contributed by atoms with Crippen molar-refractivity contribution >= 4 is 5.91 Å². The van der Waals surface area contributed by atoms with Crippen LogP contribution in [0.2, 0.25) is 0 Å². The highest BCUT2D eigenvalue weighted by atomic mass is 16.2. The third-order valence-electron chi connectivity index (χ3n) is 5.26. The largest absolute Gasteiger partial charge is 0.325 e. The van der Waals surface area contributed by atoms with Gasteiger partial charge in [0.15, 0.2) is 0 Å². The smallest absolute Gasteiger partial charge is 0.240 e. The number of aryl methyl sites for hydroxylation is 3. The third kappa shape index (κ3) is 2.98. The van der Waals surface area contributed by atoms with E-state index < -0.39 is 0 Å². The van der Waals surface area contributed by atoms with E-state index in [4.69, 9.17) is 0 Å². The SMILES string of the molecule is Cc1cc(C)c([C@@H]2CNC(C(=O)N3CCC[C@H]3C#N)C2)c(C)c1. The number of hydrogen-bond acceptors (Lipinski definition) is 3. The van der Waals surface area contributed by atoms with Crippen LogP contribution in [0.15, 0.2) is 12.1 Å². The molecule has 1 amide bonds. The molecule has 1 unspecified atom stereocenters. The number of carbonyl (C=O) groups is 1. The summed E-state index contributed by atoms with van der Waals surface area (Å²) in [4.78, 5) is 14.5. The summed E-state index contributed by atoms with van der Waals surface area (Å²) in [6.45, 7) is 8.01. The van der Waals surface area contributed by atoms with Gasteiger partial charge in [0, 0.05) is 13.1 Å². The first-order valence-electron chi connectivity index (χ1n) is 8.52. The summed E-state index contributed by atoms with van der Waals surface area (Å²) in [6.07, 6.45) is 2.59. The number of amides is 1. The van der Waals surface area contributed by atoms with Crippen molar-refractivity contribution < 1.29 is 4.79 Å². The molecular weight excluding hydrogens is 286 g/mol. The highest BCUT2D eigenvalue weighted by molar-refractivity contribution is 5.83. The van der Waals surface area contributed by atoms with E-state index in [0.717, 1.165) is 32.4 Å². The molecule has 1 aromatic carbocycles. The van der Waals surface area contributed by atoms with Gasteiger partial charge >= 0.3 is 0 Å². The molecule has 2 fully saturated rings. The molecular formula is C19H25N3O. The van der Waals surface area contributed by atoms with Gasteiger partial charge in [-0.25, -0.2) is 0 Å². The molecule has 2 saturated heterocycles. The summed E-state index contributed by atoms with van der Waals surface area (Å²) in [5, 5.41) is 12.6. The van der Waals surface area contributed by atoms with Crippen molar-refractivity contribution in [3.63, 3.8) is 0 Å². The molecule has 0 bridgehead atoms. The quantitative estimate of drug-likeness (QED) is 0.913. The predicted octanol–water partition coefficient (Wildman–Crippen LogP) is 2.57. The van der Waals surface area contributed by atoms with E-state index >= 15 is 0 Å². The van der Waals surface area contributed by atoms with Crippen LogP contribution in [-0.4, -0.2) is 36.0 Å². The van der Waals surface area contributed by atoms with Crippen LogP contribution in [0.1, 0.15) is 47.4 Å². The number of nitriles is 1. The van der Waals surface area contributed by atoms with Crippen LogP contribution in [0, 0.1) is 32.1 Å². The standard InChI is InChI=1S/C19H25N3O/c1-12-7-13(2)18(14(3)8-12)15-9-17(21-11-15)19(23)22-6-4-5-16(22)10-20/h7-8,15-17,21H,4-6,9,11H2,1-3H3/t15-,16-,17?/m0/s1. The molecule has 2 aliphatic rings. The normalized spacial score (nSPS) is 27.2. The molecule has 0 aliphatic carbocycles. The van der Waals surface area contributed by atoms with E-state index in [1.165, 1.54) is 22.3 Å². The Kier molecular flexibility index (Phi) is 4.41. The van der Waals surface area contributed by atoms with Crippen molar-refractivity contribution in [2.75, 3.05) is 13.1 Å². The molecule has 0 saturated carbocycles. The lowest BCUT2D eigenvalue weighted by atomic mass is 9.87. The van der Waals surface area contributed by atoms with Gasteiger partial charge in [-0.1, -0.05) is 17.7 Å². The second-order valence-electron chi connectivity index (χ2n) is 7.02. The van der Waals surface area contributed by atoms with Crippen molar-refractivity contribution in [2.24, 2.45) is 0 Å². The zero-order valence-corrected chi connectivity index (χ0v) is 14.2. The number of rotatable bonds is 2. The fraction of sp³-hybridized carbons (Fsp3) is 0.579. The van der Waals surface area contributed by atoms with Crippen LogP contribution >= 0.6 is 0 Å². The van der Waals surface area contributed by atoms with E-state index in [1.54, 1.807) is 4.90 Å². The summed E-state index contributed by atoms with van der Waals surface area (Å²) < 4.78 is 0. The molecule has 2 aliphatic heterocycles. The molecule has 4 heteroatoms. The van der Waals surface area contributed by atoms with Gasteiger partial charge in [0.1, 0.15) is 6.04 Å². The summed E-state index contributed by atoms with van der Waals surface area (Å²) in [5.41, 5.74) is 5.31. The highest BCUT2D eigenvalue weighted by Gasteiger charge is 2.37. The summed E-state index contributed by atoms with van der Waals surface area (Å²) in [7, 11) is 0. The van der Waals surface area contributed by atoms with Crippen molar-refractivity contribution in [3.05, 3.63) is 34.4 Å². The average Bonchev–Trinajstić information content (AvgIpc) is 3.14. The molecule has 0 radical (unpaired) electrons. The molecule has 3 rings (SSSR count). The first-order valence-corrected chi connectivity index (χ1v) is 8.52. The monoisotopic (exact) mass is 311 g/mol. The molecule has 1 N–H and O–H groups in total. The van der Waals surface area contributed by atoms with E-state index in [9.17, 15) is 10.1 Å². The van der Waals surface area contributed by atoms with Gasteiger partial charge in [-0.05, 0) is 62.6 Å². The zero-order valence-electron chi connectivity index (χ0n) is 14.2. The van der Waals surface area contributed by atoms with Gasteiger partial charge in [-0.2, -0.15) is 5.26 Å². The maximum Gasteiger partial charge on any atom is 0.240 e. The number of likely N-dealkylation sites (tertiary alicyclic amines) is 1. The van der Waals surface area contributed by atoms with E-state index in [0.29, 0.717) is 5.92 Å². The number of carbonyl (C=O) groups excluding carboxylic acids is 1. The number of nitrogens with zero attached hydrogens (tertiary/aromatic N) is 2. The Morgan fingerprint density at radius 2 is 2.00 bits per heavy atom. The first-order chi connectivity index (χ1) is 11.0. The van der Waals surface area contributed by atoms with E-state index in [1.807, 2.05) is 0 Å². The van der Waals surface area contributed by atoms with Gasteiger partial charge in [-0.15, -0.1) is 0 Å². The van der Waals surface area contributed by atoms with Crippen molar-refractivity contribution in [3.8, 4) is 6.07 Å². The zero-order chi connectivity index (χ0) is 16.6. The lowest BCUT2D eigenvalue weighted by Crippen LogP contribution is -2.45. The summed E-state index contributed by atoms with van der Waals surface area (Å²) in [5.74, 6) is 0.492. The minimum Gasteiger partial charge on any atom is -0.325 e. The third-order valence-corrected chi connectivity index (χ3v) is 5.26. The topological polar surface area (TPSA) is 56.1 Å². The number of benzene rings is 1. The molecule has 23 heavy (non-hydrogen) atoms. The molecule has 0 spiro atoms. The van der Waals surface area contributed by atoms with Gasteiger partial charge in [0.25, 0.3) is 0 Å². The molecule has 4 nitrogen and oxygen atoms in total. The van der Waals surface area contributed by atoms with Gasteiger partial charge in [0.05, 0.1) is 12.1 Å². The Labute approximate surface area is 138 Å². The predicted molar refractivity (Wildman–Crippen MR) is 90.1 cm³/mol. The fourth-order valence-electron chi connectivity index (χ4n) is 4.34. The highest BCUT2D eigenvalue weighted by Crippen LogP contribution is 2.32. The Morgan fingerprint density at radius 1 is 1.30 bits per heavy atom. The Morgan fingerprint density at radius 3 is 2.65 bits per heavy atom.